The number of hydrogen-bond donors (Lipinski definition) is 1. The number of halogens is 1. The minimum absolute atomic E-state index is 0. The lowest BCUT2D eigenvalue weighted by atomic mass is 10.2. The van der Waals surface area contributed by atoms with Gasteiger partial charge >= 0.3 is 0 Å². The van der Waals surface area contributed by atoms with Gasteiger partial charge < -0.3 is 15.1 Å². The predicted octanol–water partition coefficient (Wildman–Crippen LogP) is 2.42. The quantitative estimate of drug-likeness (QED) is 0.919. The molecular formula is C14H17ClN2O2. The summed E-state index contributed by atoms with van der Waals surface area (Å²) in [6.07, 6.45) is 2.01. The molecule has 1 fully saturated rings. The van der Waals surface area contributed by atoms with Crippen LogP contribution in [0.1, 0.15) is 23.4 Å². The molecule has 2 heterocycles. The topological polar surface area (TPSA) is 59.5 Å². The van der Waals surface area contributed by atoms with E-state index in [0.717, 1.165) is 30.4 Å². The fourth-order valence-electron chi connectivity index (χ4n) is 2.58. The van der Waals surface area contributed by atoms with Crippen LogP contribution in [0.4, 0.5) is 0 Å². The van der Waals surface area contributed by atoms with Gasteiger partial charge in [-0.15, -0.1) is 12.4 Å². The van der Waals surface area contributed by atoms with Gasteiger partial charge in [0.1, 0.15) is 5.58 Å². The Hall–Kier alpha value is -1.52. The molecule has 0 spiro atoms. The summed E-state index contributed by atoms with van der Waals surface area (Å²) in [4.78, 5) is 14.2. The summed E-state index contributed by atoms with van der Waals surface area (Å²) < 4.78 is 5.60. The van der Waals surface area contributed by atoms with Crippen molar-refractivity contribution in [3.8, 4) is 0 Å². The van der Waals surface area contributed by atoms with Gasteiger partial charge in [0, 0.05) is 24.5 Å². The van der Waals surface area contributed by atoms with E-state index in [2.05, 4.69) is 0 Å². The Bertz CT molecular complexity index is 549. The normalized spacial score (nSPS) is 18.6. The summed E-state index contributed by atoms with van der Waals surface area (Å²) in [7, 11) is 0. The summed E-state index contributed by atoms with van der Waals surface area (Å²) in [5.74, 6) is 0.371. The van der Waals surface area contributed by atoms with E-state index in [1.54, 1.807) is 0 Å². The molecule has 4 nitrogen and oxygen atoms in total. The van der Waals surface area contributed by atoms with E-state index in [1.807, 2.05) is 35.2 Å². The number of hydrogen-bond acceptors (Lipinski definition) is 3. The van der Waals surface area contributed by atoms with E-state index in [0.29, 0.717) is 12.3 Å². The van der Waals surface area contributed by atoms with Crippen LogP contribution in [0.5, 0.6) is 0 Å². The van der Waals surface area contributed by atoms with E-state index >= 15 is 0 Å². The molecule has 0 aliphatic carbocycles. The van der Waals surface area contributed by atoms with Crippen molar-refractivity contribution < 1.29 is 9.21 Å². The lowest BCUT2D eigenvalue weighted by molar-refractivity contribution is 0.0711. The van der Waals surface area contributed by atoms with Gasteiger partial charge in [0.25, 0.3) is 5.91 Å². The predicted molar refractivity (Wildman–Crippen MR) is 76.6 cm³/mol. The minimum atomic E-state index is -0.0425. The number of likely N-dealkylation sites (tertiary alicyclic amines) is 1. The zero-order chi connectivity index (χ0) is 12.5. The van der Waals surface area contributed by atoms with Crippen LogP contribution < -0.4 is 5.73 Å². The SMILES string of the molecule is Cl.NCC1CCCN1C(=O)c1cc2ccccc2o1. The maximum absolute atomic E-state index is 12.4. The third-order valence-electron chi connectivity index (χ3n) is 3.55. The molecule has 1 aliphatic heterocycles. The monoisotopic (exact) mass is 280 g/mol. The molecule has 3 rings (SSSR count). The first kappa shape index (κ1) is 13.9. The maximum Gasteiger partial charge on any atom is 0.289 e. The Labute approximate surface area is 118 Å². The largest absolute Gasteiger partial charge is 0.451 e. The van der Waals surface area contributed by atoms with Crippen LogP contribution in [0, 0.1) is 0 Å². The van der Waals surface area contributed by atoms with Crippen molar-refractivity contribution >= 4 is 29.3 Å². The van der Waals surface area contributed by atoms with Gasteiger partial charge in [0.15, 0.2) is 5.76 Å². The molecule has 5 heteroatoms. The molecule has 1 aliphatic rings. The van der Waals surface area contributed by atoms with Crippen LogP contribution in [0.25, 0.3) is 11.0 Å². The molecule has 1 atom stereocenters. The van der Waals surface area contributed by atoms with Gasteiger partial charge in [0.2, 0.25) is 0 Å². The number of fused-ring (bicyclic) bond motifs is 1. The molecule has 1 saturated heterocycles. The summed E-state index contributed by atoms with van der Waals surface area (Å²) >= 11 is 0. The molecule has 1 amide bonds. The Balaban J connectivity index is 0.00000133. The van der Waals surface area contributed by atoms with Crippen LogP contribution in [-0.2, 0) is 0 Å². The zero-order valence-corrected chi connectivity index (χ0v) is 11.4. The number of nitrogens with two attached hydrogens (primary N) is 1. The second kappa shape index (κ2) is 5.63. The highest BCUT2D eigenvalue weighted by Crippen LogP contribution is 2.23. The molecule has 1 aromatic heterocycles. The number of para-hydroxylation sites is 1. The maximum atomic E-state index is 12.4. The molecule has 2 aromatic rings. The standard InChI is InChI=1S/C14H16N2O2.ClH/c15-9-11-5-3-7-16(11)14(17)13-8-10-4-1-2-6-12(10)18-13;/h1-2,4,6,8,11H,3,5,7,9,15H2;1H. The van der Waals surface area contributed by atoms with Crippen LogP contribution >= 0.6 is 12.4 Å². The van der Waals surface area contributed by atoms with Crippen molar-refractivity contribution in [3.63, 3.8) is 0 Å². The average Bonchev–Trinajstić information content (AvgIpc) is 3.03. The zero-order valence-electron chi connectivity index (χ0n) is 10.5. The van der Waals surface area contributed by atoms with Gasteiger partial charge in [-0.05, 0) is 25.0 Å². The third-order valence-corrected chi connectivity index (χ3v) is 3.55. The molecule has 1 aromatic carbocycles. The summed E-state index contributed by atoms with van der Waals surface area (Å²) in [6, 6.07) is 9.62. The van der Waals surface area contributed by atoms with Crippen LogP contribution in [0.2, 0.25) is 0 Å². The molecule has 1 unspecified atom stereocenters. The first-order chi connectivity index (χ1) is 8.79. The van der Waals surface area contributed by atoms with Gasteiger partial charge in [-0.25, -0.2) is 0 Å². The molecular weight excluding hydrogens is 264 g/mol. The highest BCUT2D eigenvalue weighted by atomic mass is 35.5. The number of carbonyl (C=O) groups excluding carboxylic acids is 1. The van der Waals surface area contributed by atoms with E-state index in [1.165, 1.54) is 0 Å². The molecule has 0 saturated carbocycles. The minimum Gasteiger partial charge on any atom is -0.451 e. The van der Waals surface area contributed by atoms with Crippen LogP contribution in [-0.4, -0.2) is 29.9 Å². The Morgan fingerprint density at radius 1 is 1.42 bits per heavy atom. The van der Waals surface area contributed by atoms with Gasteiger partial charge in [-0.3, -0.25) is 4.79 Å². The Morgan fingerprint density at radius 2 is 2.21 bits per heavy atom. The van der Waals surface area contributed by atoms with Gasteiger partial charge in [0.05, 0.1) is 0 Å². The van der Waals surface area contributed by atoms with E-state index in [9.17, 15) is 4.79 Å². The third kappa shape index (κ3) is 2.46. The van der Waals surface area contributed by atoms with Gasteiger partial charge in [-0.1, -0.05) is 18.2 Å². The first-order valence-electron chi connectivity index (χ1n) is 6.29. The number of carbonyl (C=O) groups is 1. The van der Waals surface area contributed by atoms with Crippen molar-refractivity contribution in [1.82, 2.24) is 4.90 Å². The smallest absolute Gasteiger partial charge is 0.289 e. The number of amides is 1. The average molecular weight is 281 g/mol. The summed E-state index contributed by atoms with van der Waals surface area (Å²) in [5.41, 5.74) is 6.44. The number of furan rings is 1. The second-order valence-corrected chi connectivity index (χ2v) is 4.68. The summed E-state index contributed by atoms with van der Waals surface area (Å²) in [5, 5.41) is 0.962. The lowest BCUT2D eigenvalue weighted by Gasteiger charge is -2.22. The first-order valence-corrected chi connectivity index (χ1v) is 6.29. The van der Waals surface area contributed by atoms with Crippen molar-refractivity contribution in [2.24, 2.45) is 5.73 Å². The fourth-order valence-corrected chi connectivity index (χ4v) is 2.58. The molecule has 0 bridgehead atoms. The highest BCUT2D eigenvalue weighted by molar-refractivity contribution is 5.96. The van der Waals surface area contributed by atoms with E-state index in [-0.39, 0.29) is 24.4 Å². The Kier molecular flexibility index (Phi) is 4.12. The second-order valence-electron chi connectivity index (χ2n) is 4.68. The van der Waals surface area contributed by atoms with Crippen LogP contribution in [0.15, 0.2) is 34.7 Å². The van der Waals surface area contributed by atoms with Crippen LogP contribution in [0.3, 0.4) is 0 Å². The van der Waals surface area contributed by atoms with Crippen molar-refractivity contribution in [2.45, 2.75) is 18.9 Å². The molecule has 19 heavy (non-hydrogen) atoms. The van der Waals surface area contributed by atoms with Crippen molar-refractivity contribution in [2.75, 3.05) is 13.1 Å². The van der Waals surface area contributed by atoms with E-state index < -0.39 is 0 Å². The molecule has 2 N–H and O–H groups in total. The van der Waals surface area contributed by atoms with Crippen molar-refractivity contribution in [1.29, 1.82) is 0 Å². The van der Waals surface area contributed by atoms with E-state index in [4.69, 9.17) is 10.2 Å². The highest BCUT2D eigenvalue weighted by Gasteiger charge is 2.30. The van der Waals surface area contributed by atoms with Gasteiger partial charge in [-0.2, -0.15) is 0 Å². The number of rotatable bonds is 2. The van der Waals surface area contributed by atoms with Crippen molar-refractivity contribution in [3.05, 3.63) is 36.1 Å². The number of benzene rings is 1. The fraction of sp³-hybridized carbons (Fsp3) is 0.357. The lowest BCUT2D eigenvalue weighted by Crippen LogP contribution is -2.39. The molecule has 102 valence electrons. The Morgan fingerprint density at radius 3 is 2.95 bits per heavy atom. The molecule has 0 radical (unpaired) electrons. The number of nitrogens with zero attached hydrogens (tertiary/aromatic N) is 1. The summed E-state index contributed by atoms with van der Waals surface area (Å²) in [6.45, 7) is 1.30.